The number of ether oxygens (including phenoxy) is 1. The van der Waals surface area contributed by atoms with E-state index in [1.165, 1.54) is 18.2 Å². The number of nitrogens with zero attached hydrogens (tertiary/aromatic N) is 4. The van der Waals surface area contributed by atoms with Gasteiger partial charge in [-0.3, -0.25) is 15.0 Å². The summed E-state index contributed by atoms with van der Waals surface area (Å²) in [6.45, 7) is 1.65. The Hall–Kier alpha value is -4.02. The van der Waals surface area contributed by atoms with Gasteiger partial charge >= 0.3 is 12.0 Å². The van der Waals surface area contributed by atoms with Crippen LogP contribution in [0, 0.1) is 16.0 Å². The van der Waals surface area contributed by atoms with Crippen molar-refractivity contribution in [3.05, 3.63) is 76.5 Å². The minimum atomic E-state index is -4.85. The minimum absolute atomic E-state index is 0.0128. The lowest BCUT2D eigenvalue weighted by Gasteiger charge is -2.46. The Labute approximate surface area is 252 Å². The van der Waals surface area contributed by atoms with Crippen molar-refractivity contribution in [2.24, 2.45) is 5.92 Å². The molecule has 2 aliphatic rings. The summed E-state index contributed by atoms with van der Waals surface area (Å²) in [6.07, 6.45) is -0.190. The number of aromatic nitrogens is 2. The number of rotatable bonds is 12. The second-order valence-corrected chi connectivity index (χ2v) is 12.5. The molecule has 0 radical (unpaired) electrons. The fraction of sp³-hybridized carbons (Fsp3) is 0.429. The molecule has 2 heterocycles. The van der Waals surface area contributed by atoms with E-state index in [2.05, 4.69) is 35.0 Å². The number of hydrogen-bond acceptors (Lipinski definition) is 10. The van der Waals surface area contributed by atoms with Crippen molar-refractivity contribution in [1.29, 1.82) is 0 Å². The van der Waals surface area contributed by atoms with E-state index in [-0.39, 0.29) is 52.2 Å². The highest BCUT2D eigenvalue weighted by Crippen LogP contribution is 2.32. The van der Waals surface area contributed by atoms with Gasteiger partial charge in [0.15, 0.2) is 0 Å². The topological polar surface area (TPSA) is 152 Å². The molecular weight excluding hydrogens is 603 g/mol. The van der Waals surface area contributed by atoms with Crippen LogP contribution in [0.4, 0.5) is 30.6 Å². The highest BCUT2D eigenvalue weighted by Gasteiger charge is 2.37. The van der Waals surface area contributed by atoms with Gasteiger partial charge < -0.3 is 15.4 Å². The van der Waals surface area contributed by atoms with Gasteiger partial charge in [-0.1, -0.05) is 36.4 Å². The summed E-state index contributed by atoms with van der Waals surface area (Å²) in [4.78, 5) is 21.7. The van der Waals surface area contributed by atoms with Gasteiger partial charge in [-0.25, -0.2) is 18.1 Å². The highest BCUT2D eigenvalue weighted by molar-refractivity contribution is 7.89. The van der Waals surface area contributed by atoms with Gasteiger partial charge in [0.1, 0.15) is 11.9 Å². The Morgan fingerprint density at radius 1 is 1.00 bits per heavy atom. The maximum absolute atomic E-state index is 12.7. The van der Waals surface area contributed by atoms with Crippen LogP contribution in [-0.2, 0) is 16.6 Å². The average molecular weight is 636 g/mol. The zero-order chi connectivity index (χ0) is 31.3. The Balaban J connectivity index is 1.10. The first-order valence-electron chi connectivity index (χ1n) is 14.1. The lowest BCUT2D eigenvalue weighted by Crippen LogP contribution is -2.62. The number of nitrogens with one attached hydrogen (secondary N) is 3. The van der Waals surface area contributed by atoms with E-state index in [1.54, 1.807) is 36.4 Å². The first-order chi connectivity index (χ1) is 21.0. The van der Waals surface area contributed by atoms with Crippen LogP contribution in [0.1, 0.15) is 31.2 Å². The van der Waals surface area contributed by atoms with Crippen molar-refractivity contribution in [1.82, 2.24) is 19.6 Å². The van der Waals surface area contributed by atoms with E-state index in [9.17, 15) is 31.7 Å². The summed E-state index contributed by atoms with van der Waals surface area (Å²) in [5, 5.41) is 17.5. The fourth-order valence-electron chi connectivity index (χ4n) is 5.50. The van der Waals surface area contributed by atoms with Crippen molar-refractivity contribution in [2.75, 3.05) is 30.3 Å². The molecule has 0 unspecified atom stereocenters. The van der Waals surface area contributed by atoms with E-state index in [4.69, 9.17) is 0 Å². The van der Waals surface area contributed by atoms with E-state index in [0.717, 1.165) is 31.9 Å². The van der Waals surface area contributed by atoms with Crippen molar-refractivity contribution >= 4 is 27.5 Å². The molecule has 3 N–H and O–H groups in total. The lowest BCUT2D eigenvalue weighted by atomic mass is 9.84. The zero-order valence-electron chi connectivity index (χ0n) is 23.5. The molecule has 2 aromatic carbocycles. The predicted molar refractivity (Wildman–Crippen MR) is 155 cm³/mol. The molecule has 1 aromatic heterocycles. The SMILES string of the molecule is O=[N+]([O-])c1cnc(NCc2ccccc2OC(F)(F)F)nc1NCC1CCC(N2CC(NS(=O)(=O)c3ccccc3)C2)CC1. The van der Waals surface area contributed by atoms with Gasteiger partial charge in [-0.05, 0) is 49.8 Å². The minimum Gasteiger partial charge on any atom is -0.405 e. The molecule has 16 heteroatoms. The zero-order valence-corrected chi connectivity index (χ0v) is 24.4. The van der Waals surface area contributed by atoms with Gasteiger partial charge in [0, 0.05) is 43.8 Å². The van der Waals surface area contributed by atoms with Crippen LogP contribution >= 0.6 is 0 Å². The standard InChI is InChI=1S/C28H32F3N7O5S/c29-28(30,31)43-25-9-5-4-6-20(25)15-33-27-34-16-24(38(39)40)26(35-27)32-14-19-10-12-22(13-11-19)37-17-21(18-37)36-44(41,42)23-7-2-1-3-8-23/h1-9,16,19,21-22,36H,10-15,17-18H2,(H2,32,33,34,35). The first-order valence-corrected chi connectivity index (χ1v) is 15.6. The molecule has 3 aromatic rings. The number of hydrogen-bond donors (Lipinski definition) is 3. The van der Waals surface area contributed by atoms with Gasteiger partial charge in [-0.2, -0.15) is 4.98 Å². The number of anilines is 2. The molecule has 2 fully saturated rings. The van der Waals surface area contributed by atoms with Crippen LogP contribution in [0.5, 0.6) is 5.75 Å². The van der Waals surface area contributed by atoms with Crippen LogP contribution < -0.4 is 20.1 Å². The summed E-state index contributed by atoms with van der Waals surface area (Å²) in [5.41, 5.74) is -0.102. The van der Waals surface area contributed by atoms with E-state index in [1.807, 2.05) is 0 Å². The quantitative estimate of drug-likeness (QED) is 0.191. The molecule has 44 heavy (non-hydrogen) atoms. The van der Waals surface area contributed by atoms with Crippen LogP contribution in [0.25, 0.3) is 0 Å². The van der Waals surface area contributed by atoms with Crippen molar-refractivity contribution in [2.45, 2.75) is 55.6 Å². The number of benzene rings is 2. The molecule has 12 nitrogen and oxygen atoms in total. The number of para-hydroxylation sites is 1. The van der Waals surface area contributed by atoms with E-state index < -0.39 is 21.3 Å². The van der Waals surface area contributed by atoms with Crippen LogP contribution in [0.15, 0.2) is 65.7 Å². The molecule has 0 amide bonds. The summed E-state index contributed by atoms with van der Waals surface area (Å²) < 4.78 is 70.2. The molecule has 0 atom stereocenters. The number of nitro groups is 1. The second kappa shape index (κ2) is 13.3. The predicted octanol–water partition coefficient (Wildman–Crippen LogP) is 4.53. The molecule has 1 aliphatic carbocycles. The third-order valence-electron chi connectivity index (χ3n) is 7.78. The summed E-state index contributed by atoms with van der Waals surface area (Å²) in [7, 11) is -3.55. The average Bonchev–Trinajstić information content (AvgIpc) is 2.97. The highest BCUT2D eigenvalue weighted by atomic mass is 32.2. The van der Waals surface area contributed by atoms with Gasteiger partial charge in [0.2, 0.25) is 21.8 Å². The number of likely N-dealkylation sites (tertiary alicyclic amines) is 1. The van der Waals surface area contributed by atoms with Crippen LogP contribution in [0.2, 0.25) is 0 Å². The molecule has 1 saturated heterocycles. The monoisotopic (exact) mass is 635 g/mol. The molecule has 1 saturated carbocycles. The maximum Gasteiger partial charge on any atom is 0.573 e. The van der Waals surface area contributed by atoms with Gasteiger partial charge in [-0.15, -0.1) is 13.2 Å². The lowest BCUT2D eigenvalue weighted by molar-refractivity contribution is -0.384. The summed E-state index contributed by atoms with van der Waals surface area (Å²) >= 11 is 0. The second-order valence-electron chi connectivity index (χ2n) is 10.8. The number of alkyl halides is 3. The molecule has 0 bridgehead atoms. The van der Waals surface area contributed by atoms with E-state index in [0.29, 0.717) is 25.7 Å². The number of sulfonamides is 1. The first kappa shape index (κ1) is 31.4. The maximum atomic E-state index is 12.7. The van der Waals surface area contributed by atoms with Crippen molar-refractivity contribution in [3.8, 4) is 5.75 Å². The summed E-state index contributed by atoms with van der Waals surface area (Å²) in [6, 6.07) is 14.1. The molecule has 236 valence electrons. The third kappa shape index (κ3) is 8.12. The van der Waals surface area contributed by atoms with Gasteiger partial charge in [0.05, 0.1) is 9.82 Å². The van der Waals surface area contributed by atoms with Crippen molar-refractivity contribution < 1.29 is 31.2 Å². The molecule has 0 spiro atoms. The Kier molecular flexibility index (Phi) is 9.51. The summed E-state index contributed by atoms with van der Waals surface area (Å²) in [5.74, 6) is -0.0903. The normalized spacial score (nSPS) is 19.6. The van der Waals surface area contributed by atoms with Crippen molar-refractivity contribution in [3.63, 3.8) is 0 Å². The van der Waals surface area contributed by atoms with Crippen LogP contribution in [-0.4, -0.2) is 66.3 Å². The Bertz CT molecular complexity index is 1550. The molecule has 5 rings (SSSR count). The van der Waals surface area contributed by atoms with E-state index >= 15 is 0 Å². The van der Waals surface area contributed by atoms with Crippen LogP contribution in [0.3, 0.4) is 0 Å². The van der Waals surface area contributed by atoms with Gasteiger partial charge in [0.25, 0.3) is 0 Å². The Morgan fingerprint density at radius 2 is 1.68 bits per heavy atom. The third-order valence-corrected chi connectivity index (χ3v) is 9.31. The Morgan fingerprint density at radius 3 is 2.36 bits per heavy atom. The smallest absolute Gasteiger partial charge is 0.405 e. The number of halogens is 3. The molecule has 1 aliphatic heterocycles. The molecular formula is C28H32F3N7O5S. The fourth-order valence-corrected chi connectivity index (χ4v) is 6.74. The largest absolute Gasteiger partial charge is 0.573 e.